The molecule has 0 bridgehead atoms. The van der Waals surface area contributed by atoms with Crippen LogP contribution in [0.15, 0.2) is 12.3 Å². The molecule has 0 saturated heterocycles. The van der Waals surface area contributed by atoms with E-state index in [1.54, 1.807) is 31.6 Å². The van der Waals surface area contributed by atoms with Gasteiger partial charge in [0.2, 0.25) is 0 Å². The second-order valence-corrected chi connectivity index (χ2v) is 6.88. The van der Waals surface area contributed by atoms with Crippen molar-refractivity contribution in [1.29, 1.82) is 0 Å². The number of esters is 2. The first-order valence-corrected chi connectivity index (χ1v) is 9.60. The lowest BCUT2D eigenvalue weighted by molar-refractivity contribution is 0.0527. The van der Waals surface area contributed by atoms with Crippen LogP contribution in [-0.4, -0.2) is 40.0 Å². The Morgan fingerprint density at radius 1 is 1.26 bits per heavy atom. The largest absolute Gasteiger partial charge is 0.462 e. The molecule has 0 unspecified atom stereocenters. The van der Waals surface area contributed by atoms with E-state index in [0.717, 1.165) is 17.0 Å². The summed E-state index contributed by atoms with van der Waals surface area (Å²) < 4.78 is 11.9. The second-order valence-electron chi connectivity index (χ2n) is 5.46. The molecule has 0 atom stereocenters. The number of carbonyl (C=O) groups excluding carboxylic acids is 2. The molecule has 2 N–H and O–H groups in total. The molecule has 0 saturated carbocycles. The summed E-state index contributed by atoms with van der Waals surface area (Å²) in [4.78, 5) is 24.9. The number of aryl methyl sites for hydroxylation is 1. The van der Waals surface area contributed by atoms with Crippen molar-refractivity contribution in [1.82, 2.24) is 15.1 Å². The van der Waals surface area contributed by atoms with Crippen LogP contribution in [0.4, 0.5) is 5.00 Å². The first kappa shape index (κ1) is 20.8. The third kappa shape index (κ3) is 5.04. The topological polar surface area (TPSA) is 94.5 Å². The van der Waals surface area contributed by atoms with E-state index in [-0.39, 0.29) is 18.8 Å². The van der Waals surface area contributed by atoms with Crippen LogP contribution in [0.5, 0.6) is 0 Å². The quantitative estimate of drug-likeness (QED) is 0.531. The lowest BCUT2D eigenvalue weighted by Gasteiger charge is -2.11. The van der Waals surface area contributed by atoms with E-state index in [9.17, 15) is 9.59 Å². The van der Waals surface area contributed by atoms with Gasteiger partial charge in [-0.15, -0.1) is 11.3 Å². The van der Waals surface area contributed by atoms with Crippen molar-refractivity contribution < 1.29 is 19.1 Å². The summed E-state index contributed by atoms with van der Waals surface area (Å²) in [6.07, 6.45) is 1.70. The van der Waals surface area contributed by atoms with Crippen molar-refractivity contribution in [3.8, 4) is 0 Å². The van der Waals surface area contributed by atoms with Gasteiger partial charge in [-0.2, -0.15) is 5.10 Å². The average Bonchev–Trinajstić information content (AvgIpc) is 3.16. The van der Waals surface area contributed by atoms with Crippen LogP contribution < -0.4 is 10.6 Å². The maximum Gasteiger partial charge on any atom is 0.348 e. The van der Waals surface area contributed by atoms with Crippen LogP contribution in [0.25, 0.3) is 0 Å². The molecule has 8 nitrogen and oxygen atoms in total. The van der Waals surface area contributed by atoms with E-state index in [4.69, 9.17) is 21.7 Å². The summed E-state index contributed by atoms with van der Waals surface area (Å²) in [5.41, 5.74) is 1.74. The molecule has 10 heteroatoms. The number of carbonyl (C=O) groups is 2. The molecule has 0 fully saturated rings. The highest BCUT2D eigenvalue weighted by Crippen LogP contribution is 2.34. The van der Waals surface area contributed by atoms with Crippen molar-refractivity contribution in [2.45, 2.75) is 27.3 Å². The lowest BCUT2D eigenvalue weighted by Crippen LogP contribution is -2.29. The van der Waals surface area contributed by atoms with Crippen molar-refractivity contribution in [2.75, 3.05) is 18.5 Å². The van der Waals surface area contributed by atoms with Gasteiger partial charge in [-0.3, -0.25) is 4.68 Å². The molecule has 0 amide bonds. The fourth-order valence-electron chi connectivity index (χ4n) is 2.33. The molecule has 0 aliphatic rings. The van der Waals surface area contributed by atoms with Gasteiger partial charge in [0.05, 0.1) is 31.0 Å². The maximum atomic E-state index is 12.4. The lowest BCUT2D eigenvalue weighted by atomic mass is 10.1. The number of hydrogen-bond acceptors (Lipinski definition) is 7. The molecule has 27 heavy (non-hydrogen) atoms. The van der Waals surface area contributed by atoms with Crippen molar-refractivity contribution >= 4 is 45.6 Å². The molecule has 146 valence electrons. The predicted octanol–water partition coefficient (Wildman–Crippen LogP) is 2.63. The molecule has 2 aromatic heterocycles. The van der Waals surface area contributed by atoms with E-state index in [2.05, 4.69) is 15.7 Å². The van der Waals surface area contributed by atoms with Gasteiger partial charge in [0.1, 0.15) is 9.88 Å². The van der Waals surface area contributed by atoms with E-state index in [1.165, 1.54) is 0 Å². The number of hydrogen-bond donors (Lipinski definition) is 2. The van der Waals surface area contributed by atoms with Crippen LogP contribution >= 0.6 is 23.6 Å². The highest BCUT2D eigenvalue weighted by molar-refractivity contribution is 7.80. The van der Waals surface area contributed by atoms with Crippen molar-refractivity contribution in [3.63, 3.8) is 0 Å². The van der Waals surface area contributed by atoms with Gasteiger partial charge in [-0.25, -0.2) is 9.59 Å². The molecule has 0 aliphatic carbocycles. The van der Waals surface area contributed by atoms with Crippen LogP contribution in [-0.2, 0) is 23.1 Å². The maximum absolute atomic E-state index is 12.4. The molecule has 2 rings (SSSR count). The van der Waals surface area contributed by atoms with Crippen LogP contribution in [0.1, 0.15) is 45.1 Å². The van der Waals surface area contributed by atoms with Crippen molar-refractivity contribution in [3.05, 3.63) is 34.0 Å². The fraction of sp³-hybridized carbons (Fsp3) is 0.412. The first-order chi connectivity index (χ1) is 12.9. The monoisotopic (exact) mass is 410 g/mol. The number of nitrogens with one attached hydrogen (secondary N) is 2. The zero-order valence-electron chi connectivity index (χ0n) is 15.6. The Balaban J connectivity index is 2.21. The minimum Gasteiger partial charge on any atom is -0.462 e. The summed E-state index contributed by atoms with van der Waals surface area (Å²) >= 11 is 6.43. The third-order valence-electron chi connectivity index (χ3n) is 3.67. The molecule has 2 aromatic rings. The second kappa shape index (κ2) is 9.47. The Morgan fingerprint density at radius 3 is 2.52 bits per heavy atom. The molecule has 0 aliphatic heterocycles. The van der Waals surface area contributed by atoms with Gasteiger partial charge >= 0.3 is 11.9 Å². The summed E-state index contributed by atoms with van der Waals surface area (Å²) in [6, 6.07) is 1.87. The summed E-state index contributed by atoms with van der Waals surface area (Å²) in [6.45, 7) is 6.07. The molecule has 0 spiro atoms. The molecular formula is C17H22N4O4S2. The predicted molar refractivity (Wildman–Crippen MR) is 107 cm³/mol. The SMILES string of the molecule is CCOC(=O)c1sc(NC(=S)NCc2ccnn2C)c(C(=O)OCC)c1C. The third-order valence-corrected chi connectivity index (χ3v) is 5.10. The molecule has 2 heterocycles. The number of anilines is 1. The highest BCUT2D eigenvalue weighted by atomic mass is 32.1. The highest BCUT2D eigenvalue weighted by Gasteiger charge is 2.26. The van der Waals surface area contributed by atoms with E-state index >= 15 is 0 Å². The standard InChI is InChI=1S/C17H22N4O4S2/c1-5-24-15(22)12-10(3)13(16(23)25-6-2)27-14(12)20-17(26)18-9-11-7-8-19-21(11)4/h7-8H,5-6,9H2,1-4H3,(H2,18,20,26). The van der Waals surface area contributed by atoms with Gasteiger partial charge in [0.25, 0.3) is 0 Å². The van der Waals surface area contributed by atoms with Gasteiger partial charge in [-0.1, -0.05) is 0 Å². The van der Waals surface area contributed by atoms with Crippen LogP contribution in [0.3, 0.4) is 0 Å². The van der Waals surface area contributed by atoms with E-state index in [0.29, 0.717) is 27.1 Å². The Labute approximate surface area is 166 Å². The fourth-order valence-corrected chi connectivity index (χ4v) is 3.67. The number of thiophene rings is 1. The molecule has 0 radical (unpaired) electrons. The number of nitrogens with zero attached hydrogens (tertiary/aromatic N) is 2. The number of rotatable bonds is 7. The number of ether oxygens (including phenoxy) is 2. The number of thiocarbonyl (C=S) groups is 1. The van der Waals surface area contributed by atoms with E-state index in [1.807, 2.05) is 13.1 Å². The minimum absolute atomic E-state index is 0.228. The van der Waals surface area contributed by atoms with Gasteiger partial charge in [0.15, 0.2) is 5.11 Å². The van der Waals surface area contributed by atoms with Crippen LogP contribution in [0.2, 0.25) is 0 Å². The Bertz CT molecular complexity index is 844. The van der Waals surface area contributed by atoms with Crippen LogP contribution in [0, 0.1) is 6.92 Å². The zero-order valence-corrected chi connectivity index (χ0v) is 17.3. The Hall–Kier alpha value is -2.46. The first-order valence-electron chi connectivity index (χ1n) is 8.38. The normalized spacial score (nSPS) is 10.4. The summed E-state index contributed by atoms with van der Waals surface area (Å²) in [5.74, 6) is -0.994. The smallest absolute Gasteiger partial charge is 0.348 e. The minimum atomic E-state index is -0.515. The van der Waals surface area contributed by atoms with Gasteiger partial charge < -0.3 is 20.1 Å². The van der Waals surface area contributed by atoms with E-state index < -0.39 is 11.9 Å². The molecular weight excluding hydrogens is 388 g/mol. The number of aromatic nitrogens is 2. The summed E-state index contributed by atoms with van der Waals surface area (Å²) in [5, 5.41) is 10.9. The van der Waals surface area contributed by atoms with Gasteiger partial charge in [-0.05, 0) is 44.6 Å². The summed E-state index contributed by atoms with van der Waals surface area (Å²) in [7, 11) is 1.83. The Kier molecular flexibility index (Phi) is 7.31. The molecule has 0 aromatic carbocycles. The average molecular weight is 411 g/mol. The zero-order chi connectivity index (χ0) is 20.0. The van der Waals surface area contributed by atoms with Crippen molar-refractivity contribution in [2.24, 2.45) is 7.05 Å². The Morgan fingerprint density at radius 2 is 1.93 bits per heavy atom. The van der Waals surface area contributed by atoms with Gasteiger partial charge in [0, 0.05) is 13.2 Å².